The molecule has 0 radical (unpaired) electrons. The molecule has 0 saturated heterocycles. The molecule has 0 aromatic heterocycles. The molecule has 0 bridgehead atoms. The number of fused-ring (bicyclic) bond motifs is 2. The number of rotatable bonds is 17. The maximum absolute atomic E-state index is 2.75. The first-order valence-corrected chi connectivity index (χ1v) is 33.5. The third-order valence-electron chi connectivity index (χ3n) is 11.5. The second kappa shape index (κ2) is 17.8. The molecule has 0 spiro atoms. The van der Waals surface area contributed by atoms with Gasteiger partial charge in [0.15, 0.2) is 0 Å². The van der Waals surface area contributed by atoms with E-state index in [2.05, 4.69) is 138 Å². The van der Waals surface area contributed by atoms with Crippen molar-refractivity contribution in [2.45, 2.75) is 125 Å². The van der Waals surface area contributed by atoms with Gasteiger partial charge in [-0.05, 0) is 0 Å². The van der Waals surface area contributed by atoms with Crippen LogP contribution in [0.1, 0.15) is 133 Å². The molecule has 50 heavy (non-hydrogen) atoms. The van der Waals surface area contributed by atoms with Crippen LogP contribution in [0.5, 0.6) is 0 Å². The van der Waals surface area contributed by atoms with E-state index < -0.39 is 26.6 Å². The first-order chi connectivity index (χ1) is 24.5. The monoisotopic (exact) mass is 845 g/mol. The summed E-state index contributed by atoms with van der Waals surface area (Å²) >= 11 is -2.45. The van der Waals surface area contributed by atoms with E-state index in [1.807, 2.05) is 0 Å². The number of hydrogen-bond donors (Lipinski definition) is 0. The summed E-state index contributed by atoms with van der Waals surface area (Å²) in [5.41, 5.74) is 19.1. The molecule has 4 aromatic rings. The predicted molar refractivity (Wildman–Crippen MR) is 220 cm³/mol. The Morgan fingerprint density at radius 3 is 1.24 bits per heavy atom. The van der Waals surface area contributed by atoms with Crippen LogP contribution in [0, 0.1) is 0 Å². The van der Waals surface area contributed by atoms with Crippen LogP contribution in [-0.2, 0) is 33.4 Å². The first-order valence-electron chi connectivity index (χ1n) is 20.2. The van der Waals surface area contributed by atoms with Gasteiger partial charge in [0, 0.05) is 0 Å². The molecule has 2 unspecified atom stereocenters. The molecule has 0 fully saturated rings. The van der Waals surface area contributed by atoms with Crippen molar-refractivity contribution in [3.63, 3.8) is 0 Å². The van der Waals surface area contributed by atoms with Crippen LogP contribution in [0.15, 0.2) is 96.1 Å². The molecule has 0 amide bonds. The van der Waals surface area contributed by atoms with Gasteiger partial charge >= 0.3 is 316 Å². The van der Waals surface area contributed by atoms with Crippen molar-refractivity contribution in [2.24, 2.45) is 0 Å². The third-order valence-corrected chi connectivity index (χ3v) is 42.3. The second-order valence-corrected chi connectivity index (χ2v) is 43.3. The fraction of sp³-hybridized carbons (Fsp3) is 0.417. The number of aryl methyl sites for hydroxylation is 2. The Labute approximate surface area is 313 Å². The Bertz CT molecular complexity index is 1680. The zero-order valence-corrected chi connectivity index (χ0v) is 36.7. The summed E-state index contributed by atoms with van der Waals surface area (Å²) in [7, 11) is 0. The van der Waals surface area contributed by atoms with Crippen LogP contribution in [0.3, 0.4) is 0 Å². The van der Waals surface area contributed by atoms with E-state index >= 15 is 0 Å². The Hall–Kier alpha value is -2.55. The van der Waals surface area contributed by atoms with Gasteiger partial charge in [0.1, 0.15) is 0 Å². The first kappa shape index (κ1) is 37.2. The van der Waals surface area contributed by atoms with Crippen molar-refractivity contribution < 1.29 is 20.6 Å². The normalized spacial score (nSPS) is 16.4. The standard InChI is InChI=1S/2C23H27.C2H7Si.Hf/c2*1-3-5-10-18-16-20-13-9-15-22(23(20)17-18)21-14-8-7-12-19(21)11-6-4-2;1-3-2;/h2*7-9,12-17H,3-6,10-11H2,1-2H3;3H,1-2H3;. The molecule has 261 valence electrons. The van der Waals surface area contributed by atoms with Gasteiger partial charge < -0.3 is 0 Å². The Morgan fingerprint density at radius 1 is 0.460 bits per heavy atom. The molecule has 0 aliphatic heterocycles. The van der Waals surface area contributed by atoms with Crippen molar-refractivity contribution in [1.29, 1.82) is 0 Å². The van der Waals surface area contributed by atoms with E-state index in [4.69, 9.17) is 0 Å². The van der Waals surface area contributed by atoms with E-state index in [0.29, 0.717) is 7.35 Å². The maximum atomic E-state index is 2.75. The number of allylic oxidation sites excluding steroid dienone is 2. The molecular formula is C48H61HfSi. The fourth-order valence-corrected chi connectivity index (χ4v) is 41.4. The molecule has 0 saturated carbocycles. The molecule has 2 aliphatic rings. The van der Waals surface area contributed by atoms with Gasteiger partial charge in [0.25, 0.3) is 0 Å². The minimum atomic E-state index is -2.45. The molecule has 0 N–H and O–H groups in total. The summed E-state index contributed by atoms with van der Waals surface area (Å²) in [6, 6.07) is 33.5. The average Bonchev–Trinajstić information content (AvgIpc) is 3.70. The van der Waals surface area contributed by atoms with Crippen molar-refractivity contribution in [1.82, 2.24) is 0 Å². The van der Waals surface area contributed by atoms with Gasteiger partial charge in [-0.15, -0.1) is 0 Å². The van der Waals surface area contributed by atoms with Crippen molar-refractivity contribution >= 4 is 18.1 Å². The molecule has 2 aliphatic carbocycles. The Balaban J connectivity index is 1.50. The van der Waals surface area contributed by atoms with Crippen LogP contribution >= 0.6 is 0 Å². The minimum absolute atomic E-state index is 0.706. The Morgan fingerprint density at radius 2 is 0.840 bits per heavy atom. The molecule has 4 aromatic carbocycles. The summed E-state index contributed by atoms with van der Waals surface area (Å²) in [4.78, 5) is 0. The van der Waals surface area contributed by atoms with E-state index in [1.165, 1.54) is 110 Å². The topological polar surface area (TPSA) is 0 Å². The molecule has 0 heterocycles. The van der Waals surface area contributed by atoms with Crippen LogP contribution in [-0.4, -0.2) is 5.98 Å². The fourth-order valence-electron chi connectivity index (χ4n) is 8.95. The zero-order valence-electron chi connectivity index (χ0n) is 32.0. The van der Waals surface area contributed by atoms with Crippen LogP contribution in [0.25, 0.3) is 34.4 Å². The quantitative estimate of drug-likeness (QED) is 0.0929. The average molecular weight is 845 g/mol. The molecule has 2 heteroatoms. The van der Waals surface area contributed by atoms with Gasteiger partial charge in [-0.2, -0.15) is 0 Å². The van der Waals surface area contributed by atoms with E-state index in [9.17, 15) is 0 Å². The van der Waals surface area contributed by atoms with E-state index in [0.717, 1.165) is 0 Å². The van der Waals surface area contributed by atoms with Gasteiger partial charge in [0.2, 0.25) is 0 Å². The van der Waals surface area contributed by atoms with Crippen LogP contribution in [0.4, 0.5) is 0 Å². The van der Waals surface area contributed by atoms with Crippen molar-refractivity contribution in [2.75, 3.05) is 0 Å². The number of unbranched alkanes of at least 4 members (excludes halogenated alkanes) is 4. The Kier molecular flexibility index (Phi) is 13.2. The summed E-state index contributed by atoms with van der Waals surface area (Å²) in [6.07, 6.45) is 20.4. The van der Waals surface area contributed by atoms with E-state index in [-0.39, 0.29) is 0 Å². The molecular weight excluding hydrogens is 783 g/mol. The number of benzene rings is 4. The van der Waals surface area contributed by atoms with Gasteiger partial charge in [-0.1, -0.05) is 0 Å². The van der Waals surface area contributed by atoms with Crippen LogP contribution in [0.2, 0.25) is 13.1 Å². The van der Waals surface area contributed by atoms with Crippen LogP contribution < -0.4 is 0 Å². The van der Waals surface area contributed by atoms with Crippen molar-refractivity contribution in [3.05, 3.63) is 129 Å². The molecule has 0 nitrogen and oxygen atoms in total. The summed E-state index contributed by atoms with van der Waals surface area (Å²) in [5, 5.41) is 0. The summed E-state index contributed by atoms with van der Waals surface area (Å²) < 4.78 is 1.41. The third kappa shape index (κ3) is 7.78. The predicted octanol–water partition coefficient (Wildman–Crippen LogP) is 14.3. The number of hydrogen-bond acceptors (Lipinski definition) is 0. The summed E-state index contributed by atoms with van der Waals surface area (Å²) in [5.74, 6) is -0.953. The van der Waals surface area contributed by atoms with Gasteiger partial charge in [-0.3, -0.25) is 0 Å². The second-order valence-electron chi connectivity index (χ2n) is 15.3. The van der Waals surface area contributed by atoms with Crippen molar-refractivity contribution in [3.8, 4) is 22.3 Å². The SMILES string of the molecule is CCCCC1=Cc2c(-c3ccccc3CCCC)cccc2[CH]1[Hf]([CH]1C(CCCC)=Cc2c(-c3ccccc3CCCC)cccc21)[SiH](C)C. The van der Waals surface area contributed by atoms with Gasteiger partial charge in [0.05, 0.1) is 0 Å². The zero-order chi connectivity index (χ0) is 35.0. The summed E-state index contributed by atoms with van der Waals surface area (Å²) in [6.45, 7) is 14.9. The van der Waals surface area contributed by atoms with Gasteiger partial charge in [-0.25, -0.2) is 0 Å². The molecule has 6 rings (SSSR count). The van der Waals surface area contributed by atoms with E-state index in [1.54, 1.807) is 33.4 Å². The molecule has 2 atom stereocenters.